The van der Waals surface area contributed by atoms with Gasteiger partial charge in [-0.2, -0.15) is 0 Å². The number of alkyl carbamates (subject to hydrolysis) is 1. The van der Waals surface area contributed by atoms with Crippen LogP contribution in [0.15, 0.2) is 42.5 Å². The Morgan fingerprint density at radius 1 is 1.03 bits per heavy atom. The van der Waals surface area contributed by atoms with E-state index in [4.69, 9.17) is 9.47 Å². The van der Waals surface area contributed by atoms with Crippen molar-refractivity contribution < 1.29 is 33.0 Å². The molecule has 29 heavy (non-hydrogen) atoms. The van der Waals surface area contributed by atoms with Crippen molar-refractivity contribution in [2.24, 2.45) is 0 Å². The van der Waals surface area contributed by atoms with Crippen LogP contribution in [-0.4, -0.2) is 29.4 Å². The molecule has 6 nitrogen and oxygen atoms in total. The standard InChI is InChI=1S/C21H23F2NO5/c1-13(2)29-19(20(25)26)10-14-4-3-5-15(8-14)11-24-21(27)28-12-16-6-7-17(22)18(23)9-16/h3-9,13,19H,10-12H2,1-2H3,(H,24,27)(H,25,26)/t19-/m0/s1. The number of hydrogen-bond acceptors (Lipinski definition) is 4. The van der Waals surface area contributed by atoms with E-state index in [2.05, 4.69) is 5.32 Å². The van der Waals surface area contributed by atoms with Crippen LogP contribution in [-0.2, 0) is 33.8 Å². The topological polar surface area (TPSA) is 84.9 Å². The van der Waals surface area contributed by atoms with Gasteiger partial charge in [0.2, 0.25) is 0 Å². The molecular formula is C21H23F2NO5. The van der Waals surface area contributed by atoms with Crippen LogP contribution >= 0.6 is 0 Å². The molecule has 0 aliphatic rings. The molecule has 2 aromatic rings. The summed E-state index contributed by atoms with van der Waals surface area (Å²) >= 11 is 0. The third-order valence-corrected chi connectivity index (χ3v) is 3.92. The number of carboxylic acids is 1. The Balaban J connectivity index is 1.86. The average molecular weight is 407 g/mol. The summed E-state index contributed by atoms with van der Waals surface area (Å²) in [6.07, 6.45) is -1.70. The van der Waals surface area contributed by atoms with E-state index in [9.17, 15) is 23.5 Å². The summed E-state index contributed by atoms with van der Waals surface area (Å²) in [6, 6.07) is 10.3. The van der Waals surface area contributed by atoms with E-state index in [1.165, 1.54) is 6.07 Å². The van der Waals surface area contributed by atoms with Gasteiger partial charge in [-0.1, -0.05) is 30.3 Å². The number of carbonyl (C=O) groups is 2. The van der Waals surface area contributed by atoms with Crippen LogP contribution in [0.5, 0.6) is 0 Å². The summed E-state index contributed by atoms with van der Waals surface area (Å²) in [4.78, 5) is 23.1. The number of aliphatic carboxylic acids is 1. The molecule has 156 valence electrons. The van der Waals surface area contributed by atoms with Crippen molar-refractivity contribution in [2.75, 3.05) is 0 Å². The molecule has 0 aliphatic carbocycles. The van der Waals surface area contributed by atoms with Gasteiger partial charge in [-0.25, -0.2) is 18.4 Å². The lowest BCUT2D eigenvalue weighted by Crippen LogP contribution is -2.29. The largest absolute Gasteiger partial charge is 0.479 e. The van der Waals surface area contributed by atoms with Gasteiger partial charge in [-0.05, 0) is 42.7 Å². The van der Waals surface area contributed by atoms with Crippen molar-refractivity contribution in [2.45, 2.75) is 45.6 Å². The summed E-state index contributed by atoms with van der Waals surface area (Å²) in [5, 5.41) is 11.8. The van der Waals surface area contributed by atoms with Gasteiger partial charge < -0.3 is 19.9 Å². The van der Waals surface area contributed by atoms with Crippen LogP contribution in [0.25, 0.3) is 0 Å². The molecule has 2 N–H and O–H groups in total. The highest BCUT2D eigenvalue weighted by molar-refractivity contribution is 5.72. The molecule has 2 aromatic carbocycles. The first-order valence-electron chi connectivity index (χ1n) is 9.05. The van der Waals surface area contributed by atoms with Gasteiger partial charge in [0.15, 0.2) is 17.7 Å². The molecule has 0 fully saturated rings. The Morgan fingerprint density at radius 3 is 2.41 bits per heavy atom. The average Bonchev–Trinajstić information content (AvgIpc) is 2.66. The van der Waals surface area contributed by atoms with Crippen molar-refractivity contribution in [1.29, 1.82) is 0 Å². The van der Waals surface area contributed by atoms with Crippen LogP contribution in [0.3, 0.4) is 0 Å². The summed E-state index contributed by atoms with van der Waals surface area (Å²) in [5.41, 5.74) is 1.83. The predicted octanol–water partition coefficient (Wildman–Crippen LogP) is 3.81. The Labute approximate surface area is 167 Å². The van der Waals surface area contributed by atoms with E-state index in [0.717, 1.165) is 23.3 Å². The van der Waals surface area contributed by atoms with Crippen molar-refractivity contribution >= 4 is 12.1 Å². The fourth-order valence-corrected chi connectivity index (χ4v) is 2.61. The van der Waals surface area contributed by atoms with E-state index in [1.807, 2.05) is 0 Å². The second kappa shape index (κ2) is 10.5. The fraction of sp³-hybridized carbons (Fsp3) is 0.333. The van der Waals surface area contributed by atoms with Gasteiger partial charge in [-0.3, -0.25) is 0 Å². The summed E-state index contributed by atoms with van der Waals surface area (Å²) in [6.45, 7) is 3.49. The van der Waals surface area contributed by atoms with Gasteiger partial charge in [0.1, 0.15) is 6.61 Å². The number of carboxylic acid groups (broad SMARTS) is 1. The summed E-state index contributed by atoms with van der Waals surface area (Å²) in [7, 11) is 0. The molecule has 1 atom stereocenters. The zero-order valence-electron chi connectivity index (χ0n) is 16.2. The Hall–Kier alpha value is -3.00. The maximum Gasteiger partial charge on any atom is 0.407 e. The first kappa shape index (κ1) is 22.3. The molecule has 2 rings (SSSR count). The number of ether oxygens (including phenoxy) is 2. The Morgan fingerprint density at radius 2 is 1.76 bits per heavy atom. The number of rotatable bonds is 9. The van der Waals surface area contributed by atoms with Crippen LogP contribution in [0.4, 0.5) is 13.6 Å². The van der Waals surface area contributed by atoms with Gasteiger partial charge >= 0.3 is 12.1 Å². The summed E-state index contributed by atoms with van der Waals surface area (Å²) in [5.74, 6) is -3.02. The molecule has 8 heteroatoms. The van der Waals surface area contributed by atoms with E-state index in [1.54, 1.807) is 38.1 Å². The highest BCUT2D eigenvalue weighted by Gasteiger charge is 2.20. The molecule has 0 spiro atoms. The number of benzene rings is 2. The molecule has 1 amide bonds. The van der Waals surface area contributed by atoms with Crippen LogP contribution in [0, 0.1) is 11.6 Å². The number of hydrogen-bond donors (Lipinski definition) is 2. The third kappa shape index (κ3) is 7.50. The molecule has 0 unspecified atom stereocenters. The third-order valence-electron chi connectivity index (χ3n) is 3.92. The minimum atomic E-state index is -1.04. The number of carbonyl (C=O) groups excluding carboxylic acids is 1. The smallest absolute Gasteiger partial charge is 0.407 e. The zero-order valence-corrected chi connectivity index (χ0v) is 16.2. The summed E-state index contributed by atoms with van der Waals surface area (Å²) < 4.78 is 36.4. The van der Waals surface area contributed by atoms with Gasteiger partial charge in [0.25, 0.3) is 0 Å². The van der Waals surface area contributed by atoms with Crippen molar-refractivity contribution in [3.05, 3.63) is 70.8 Å². The van der Waals surface area contributed by atoms with Gasteiger partial charge in [0, 0.05) is 13.0 Å². The van der Waals surface area contributed by atoms with E-state index >= 15 is 0 Å². The van der Waals surface area contributed by atoms with Gasteiger partial charge in [0.05, 0.1) is 6.10 Å². The lowest BCUT2D eigenvalue weighted by atomic mass is 10.0. The van der Waals surface area contributed by atoms with Crippen LogP contribution < -0.4 is 5.32 Å². The lowest BCUT2D eigenvalue weighted by molar-refractivity contribution is -0.153. The molecule has 0 saturated carbocycles. The lowest BCUT2D eigenvalue weighted by Gasteiger charge is -2.17. The molecule has 0 aliphatic heterocycles. The Kier molecular flexibility index (Phi) is 8.09. The monoisotopic (exact) mass is 407 g/mol. The fourth-order valence-electron chi connectivity index (χ4n) is 2.61. The highest BCUT2D eigenvalue weighted by Crippen LogP contribution is 2.12. The second-order valence-corrected chi connectivity index (χ2v) is 6.71. The van der Waals surface area contributed by atoms with Crippen LogP contribution in [0.1, 0.15) is 30.5 Å². The number of halogens is 2. The molecule has 0 aromatic heterocycles. The Bertz CT molecular complexity index is 857. The second-order valence-electron chi connectivity index (χ2n) is 6.71. The maximum atomic E-state index is 13.1. The molecule has 0 radical (unpaired) electrons. The van der Waals surface area contributed by atoms with Crippen LogP contribution in [0.2, 0.25) is 0 Å². The van der Waals surface area contributed by atoms with Gasteiger partial charge in [-0.15, -0.1) is 0 Å². The molecule has 0 heterocycles. The minimum absolute atomic E-state index is 0.160. The minimum Gasteiger partial charge on any atom is -0.479 e. The normalized spacial score (nSPS) is 11.9. The molecular weight excluding hydrogens is 384 g/mol. The first-order chi connectivity index (χ1) is 13.7. The van der Waals surface area contributed by atoms with E-state index in [-0.39, 0.29) is 25.7 Å². The van der Waals surface area contributed by atoms with Crippen molar-refractivity contribution in [3.8, 4) is 0 Å². The zero-order chi connectivity index (χ0) is 21.4. The van der Waals surface area contributed by atoms with Crippen molar-refractivity contribution in [1.82, 2.24) is 5.32 Å². The van der Waals surface area contributed by atoms with E-state index in [0.29, 0.717) is 5.56 Å². The maximum absolute atomic E-state index is 13.1. The predicted molar refractivity (Wildman–Crippen MR) is 101 cm³/mol. The molecule has 0 saturated heterocycles. The number of nitrogens with one attached hydrogen (secondary N) is 1. The quantitative estimate of drug-likeness (QED) is 0.660. The number of amides is 1. The van der Waals surface area contributed by atoms with Crippen molar-refractivity contribution in [3.63, 3.8) is 0 Å². The SMILES string of the molecule is CC(C)O[C@@H](Cc1cccc(CNC(=O)OCc2ccc(F)c(F)c2)c1)C(=O)O. The highest BCUT2D eigenvalue weighted by atomic mass is 19.2. The first-order valence-corrected chi connectivity index (χ1v) is 9.05. The van der Waals surface area contributed by atoms with E-state index < -0.39 is 29.8 Å². The molecule has 0 bridgehead atoms.